The molecule has 2 nitrogen and oxygen atoms in total. The molecule has 0 aliphatic carbocycles. The molecule has 0 amide bonds. The fourth-order valence-corrected chi connectivity index (χ4v) is 2.06. The number of aromatic amines is 1. The molecular formula is C13H9ClN2. The summed E-state index contributed by atoms with van der Waals surface area (Å²) < 4.78 is 0. The number of fused-ring (bicyclic) bond motifs is 1. The summed E-state index contributed by atoms with van der Waals surface area (Å²) in [6, 6.07) is 14.1. The van der Waals surface area contributed by atoms with Crippen LogP contribution < -0.4 is 0 Å². The summed E-state index contributed by atoms with van der Waals surface area (Å²) in [5.41, 5.74) is 3.14. The van der Waals surface area contributed by atoms with Gasteiger partial charge < -0.3 is 4.98 Å². The molecular weight excluding hydrogens is 220 g/mol. The predicted octanol–water partition coefficient (Wildman–Crippen LogP) is 3.88. The monoisotopic (exact) mass is 228 g/mol. The van der Waals surface area contributed by atoms with Gasteiger partial charge in [-0.1, -0.05) is 41.9 Å². The molecule has 2 aromatic heterocycles. The van der Waals surface area contributed by atoms with Gasteiger partial charge in [0.25, 0.3) is 0 Å². The number of pyridine rings is 1. The SMILES string of the molecule is Clc1cc2c(-c3ccccc3)ccnc2[nH]1. The van der Waals surface area contributed by atoms with Gasteiger partial charge in [0.2, 0.25) is 0 Å². The third-order valence-electron chi connectivity index (χ3n) is 2.58. The highest BCUT2D eigenvalue weighted by Gasteiger charge is 2.06. The maximum absolute atomic E-state index is 5.95. The van der Waals surface area contributed by atoms with Crippen LogP contribution in [-0.2, 0) is 0 Å². The minimum Gasteiger partial charge on any atom is -0.330 e. The zero-order chi connectivity index (χ0) is 11.0. The van der Waals surface area contributed by atoms with Gasteiger partial charge in [-0.2, -0.15) is 0 Å². The minimum atomic E-state index is 0.617. The molecule has 0 fully saturated rings. The summed E-state index contributed by atoms with van der Waals surface area (Å²) >= 11 is 5.95. The summed E-state index contributed by atoms with van der Waals surface area (Å²) in [4.78, 5) is 7.27. The standard InChI is InChI=1S/C13H9ClN2/c14-12-8-11-10(6-7-15-13(11)16-12)9-4-2-1-3-5-9/h1-8H,(H,15,16). The summed E-state index contributed by atoms with van der Waals surface area (Å²) in [6.45, 7) is 0. The van der Waals surface area contributed by atoms with E-state index in [0.29, 0.717) is 5.15 Å². The van der Waals surface area contributed by atoms with E-state index < -0.39 is 0 Å². The average Bonchev–Trinajstić information content (AvgIpc) is 2.70. The van der Waals surface area contributed by atoms with Crippen molar-refractivity contribution in [2.24, 2.45) is 0 Å². The Labute approximate surface area is 97.9 Å². The van der Waals surface area contributed by atoms with E-state index in [0.717, 1.165) is 16.6 Å². The van der Waals surface area contributed by atoms with Crippen molar-refractivity contribution in [3.05, 3.63) is 53.8 Å². The molecule has 3 heteroatoms. The van der Waals surface area contributed by atoms with E-state index in [1.54, 1.807) is 6.20 Å². The van der Waals surface area contributed by atoms with Gasteiger partial charge in [0.1, 0.15) is 10.8 Å². The lowest BCUT2D eigenvalue weighted by atomic mass is 10.0. The van der Waals surface area contributed by atoms with E-state index in [2.05, 4.69) is 22.1 Å². The third kappa shape index (κ3) is 1.48. The van der Waals surface area contributed by atoms with Crippen molar-refractivity contribution in [2.75, 3.05) is 0 Å². The second-order valence-corrected chi connectivity index (χ2v) is 4.01. The van der Waals surface area contributed by atoms with Gasteiger partial charge in [-0.15, -0.1) is 0 Å². The van der Waals surface area contributed by atoms with Gasteiger partial charge in [-0.25, -0.2) is 4.98 Å². The number of rotatable bonds is 1. The first kappa shape index (κ1) is 9.43. The molecule has 78 valence electrons. The molecule has 3 rings (SSSR count). The van der Waals surface area contributed by atoms with Crippen LogP contribution in [0.5, 0.6) is 0 Å². The quantitative estimate of drug-likeness (QED) is 0.673. The number of nitrogens with zero attached hydrogens (tertiary/aromatic N) is 1. The first-order valence-electron chi connectivity index (χ1n) is 5.03. The molecule has 0 atom stereocenters. The molecule has 0 aliphatic rings. The van der Waals surface area contributed by atoms with Crippen molar-refractivity contribution in [3.8, 4) is 11.1 Å². The van der Waals surface area contributed by atoms with E-state index in [4.69, 9.17) is 11.6 Å². The molecule has 0 aliphatic heterocycles. The second kappa shape index (κ2) is 3.65. The first-order chi connectivity index (χ1) is 7.84. The van der Waals surface area contributed by atoms with Crippen LogP contribution in [0.25, 0.3) is 22.2 Å². The smallest absolute Gasteiger partial charge is 0.138 e. The Morgan fingerprint density at radius 1 is 1.06 bits per heavy atom. The first-order valence-corrected chi connectivity index (χ1v) is 5.41. The largest absolute Gasteiger partial charge is 0.330 e. The number of nitrogens with one attached hydrogen (secondary N) is 1. The number of halogens is 1. The zero-order valence-corrected chi connectivity index (χ0v) is 9.20. The Hall–Kier alpha value is -1.80. The molecule has 1 N–H and O–H groups in total. The minimum absolute atomic E-state index is 0.617. The van der Waals surface area contributed by atoms with Crippen molar-refractivity contribution in [1.29, 1.82) is 0 Å². The lowest BCUT2D eigenvalue weighted by Crippen LogP contribution is -1.81. The molecule has 0 spiro atoms. The van der Waals surface area contributed by atoms with Gasteiger partial charge >= 0.3 is 0 Å². The Balaban J connectivity index is 2.31. The summed E-state index contributed by atoms with van der Waals surface area (Å²) in [6.07, 6.45) is 1.79. The Kier molecular flexibility index (Phi) is 2.15. The zero-order valence-electron chi connectivity index (χ0n) is 8.44. The van der Waals surface area contributed by atoms with Crippen molar-refractivity contribution in [1.82, 2.24) is 9.97 Å². The molecule has 0 unspecified atom stereocenters. The van der Waals surface area contributed by atoms with E-state index in [1.165, 1.54) is 5.56 Å². The lowest BCUT2D eigenvalue weighted by Gasteiger charge is -2.01. The highest BCUT2D eigenvalue weighted by Crippen LogP contribution is 2.28. The van der Waals surface area contributed by atoms with Crippen LogP contribution in [0.4, 0.5) is 0 Å². The second-order valence-electron chi connectivity index (χ2n) is 3.60. The van der Waals surface area contributed by atoms with Crippen LogP contribution in [0, 0.1) is 0 Å². The fourth-order valence-electron chi connectivity index (χ4n) is 1.86. The van der Waals surface area contributed by atoms with Crippen molar-refractivity contribution >= 4 is 22.6 Å². The van der Waals surface area contributed by atoms with E-state index in [1.807, 2.05) is 30.3 Å². The Morgan fingerprint density at radius 2 is 1.88 bits per heavy atom. The van der Waals surface area contributed by atoms with E-state index in [9.17, 15) is 0 Å². The molecule has 1 aromatic carbocycles. The number of aromatic nitrogens is 2. The highest BCUT2D eigenvalue weighted by atomic mass is 35.5. The lowest BCUT2D eigenvalue weighted by molar-refractivity contribution is 1.33. The van der Waals surface area contributed by atoms with Crippen LogP contribution >= 0.6 is 11.6 Å². The molecule has 3 aromatic rings. The van der Waals surface area contributed by atoms with Crippen molar-refractivity contribution in [3.63, 3.8) is 0 Å². The van der Waals surface area contributed by atoms with Gasteiger partial charge in [-0.3, -0.25) is 0 Å². The summed E-state index contributed by atoms with van der Waals surface area (Å²) in [7, 11) is 0. The van der Waals surface area contributed by atoms with E-state index >= 15 is 0 Å². The summed E-state index contributed by atoms with van der Waals surface area (Å²) in [5.74, 6) is 0. The van der Waals surface area contributed by atoms with Crippen LogP contribution in [0.3, 0.4) is 0 Å². The van der Waals surface area contributed by atoms with Crippen LogP contribution in [0.1, 0.15) is 0 Å². The highest BCUT2D eigenvalue weighted by molar-refractivity contribution is 6.30. The number of hydrogen-bond donors (Lipinski definition) is 1. The van der Waals surface area contributed by atoms with Crippen LogP contribution in [0.2, 0.25) is 5.15 Å². The number of H-pyrrole nitrogens is 1. The van der Waals surface area contributed by atoms with Crippen molar-refractivity contribution < 1.29 is 0 Å². The number of benzene rings is 1. The average molecular weight is 229 g/mol. The molecule has 2 heterocycles. The maximum atomic E-state index is 5.95. The van der Waals surface area contributed by atoms with Crippen LogP contribution in [-0.4, -0.2) is 9.97 Å². The predicted molar refractivity (Wildman–Crippen MR) is 66.5 cm³/mol. The maximum Gasteiger partial charge on any atom is 0.138 e. The van der Waals surface area contributed by atoms with Crippen molar-refractivity contribution in [2.45, 2.75) is 0 Å². The number of hydrogen-bond acceptors (Lipinski definition) is 1. The van der Waals surface area contributed by atoms with Gasteiger partial charge in [0.15, 0.2) is 0 Å². The molecule has 0 saturated carbocycles. The topological polar surface area (TPSA) is 28.7 Å². The fraction of sp³-hybridized carbons (Fsp3) is 0. The third-order valence-corrected chi connectivity index (χ3v) is 2.79. The Morgan fingerprint density at radius 3 is 2.69 bits per heavy atom. The van der Waals surface area contributed by atoms with Gasteiger partial charge in [0.05, 0.1) is 0 Å². The van der Waals surface area contributed by atoms with Gasteiger partial charge in [0, 0.05) is 11.6 Å². The summed E-state index contributed by atoms with van der Waals surface area (Å²) in [5, 5.41) is 1.67. The molecule has 0 bridgehead atoms. The van der Waals surface area contributed by atoms with E-state index in [-0.39, 0.29) is 0 Å². The van der Waals surface area contributed by atoms with Gasteiger partial charge in [-0.05, 0) is 23.3 Å². The normalized spacial score (nSPS) is 10.8. The molecule has 16 heavy (non-hydrogen) atoms. The van der Waals surface area contributed by atoms with Crippen LogP contribution in [0.15, 0.2) is 48.7 Å². The molecule has 0 radical (unpaired) electrons. The Bertz CT molecular complexity index is 629. The molecule has 0 saturated heterocycles.